The van der Waals surface area contributed by atoms with Crippen molar-refractivity contribution in [3.63, 3.8) is 0 Å². The summed E-state index contributed by atoms with van der Waals surface area (Å²) in [6, 6.07) is 11.9. The minimum Gasteiger partial charge on any atom is -0.379 e. The molecule has 2 aliphatic rings. The number of sulfonamides is 2. The highest BCUT2D eigenvalue weighted by atomic mass is 32.2. The van der Waals surface area contributed by atoms with Gasteiger partial charge in [0.2, 0.25) is 20.0 Å². The van der Waals surface area contributed by atoms with E-state index in [9.17, 15) is 21.6 Å². The number of piperidine rings is 1. The number of anilines is 1. The lowest BCUT2D eigenvalue weighted by molar-refractivity contribution is 0.0730. The quantitative estimate of drug-likeness (QED) is 0.625. The molecule has 1 N–H and O–H groups in total. The number of carbonyl (C=O) groups is 1. The van der Waals surface area contributed by atoms with Gasteiger partial charge in [-0.3, -0.25) is 4.79 Å². The number of hydrogen-bond donors (Lipinski definition) is 1. The summed E-state index contributed by atoms with van der Waals surface area (Å²) in [6.07, 6.45) is 1.01. The number of morpholine rings is 1. The van der Waals surface area contributed by atoms with Crippen molar-refractivity contribution in [2.24, 2.45) is 11.8 Å². The number of amides is 1. The fourth-order valence-electron chi connectivity index (χ4n) is 4.60. The Labute approximate surface area is 207 Å². The van der Waals surface area contributed by atoms with Gasteiger partial charge in [0.1, 0.15) is 0 Å². The smallest absolute Gasteiger partial charge is 0.255 e. The Bertz CT molecular complexity index is 1260. The molecule has 4 rings (SSSR count). The Balaban J connectivity index is 1.47. The largest absolute Gasteiger partial charge is 0.379 e. The molecule has 2 aliphatic heterocycles. The van der Waals surface area contributed by atoms with Gasteiger partial charge in [-0.25, -0.2) is 16.8 Å². The van der Waals surface area contributed by atoms with Crippen LogP contribution in [0.4, 0.5) is 5.69 Å². The molecule has 0 aromatic heterocycles. The van der Waals surface area contributed by atoms with E-state index in [4.69, 9.17) is 4.74 Å². The maximum atomic E-state index is 13.1. The van der Waals surface area contributed by atoms with Crippen LogP contribution in [0.1, 0.15) is 30.6 Å². The highest BCUT2D eigenvalue weighted by Gasteiger charge is 2.31. The van der Waals surface area contributed by atoms with Gasteiger partial charge in [0, 0.05) is 37.4 Å². The molecular weight excluding hydrogens is 490 g/mol. The van der Waals surface area contributed by atoms with Crippen molar-refractivity contribution in [1.82, 2.24) is 8.61 Å². The number of nitrogens with one attached hydrogen (secondary N) is 1. The predicted octanol–water partition coefficient (Wildman–Crippen LogP) is 2.63. The highest BCUT2D eigenvalue weighted by molar-refractivity contribution is 7.89. The van der Waals surface area contributed by atoms with E-state index in [-0.39, 0.29) is 28.4 Å². The Morgan fingerprint density at radius 3 is 2.09 bits per heavy atom. The Kier molecular flexibility index (Phi) is 7.62. The third kappa shape index (κ3) is 5.75. The lowest BCUT2D eigenvalue weighted by Gasteiger charge is -2.34. The second-order valence-electron chi connectivity index (χ2n) is 9.29. The van der Waals surface area contributed by atoms with E-state index in [1.165, 1.54) is 57.1 Å². The fourth-order valence-corrected chi connectivity index (χ4v) is 7.73. The van der Waals surface area contributed by atoms with Crippen molar-refractivity contribution in [3.05, 3.63) is 54.1 Å². The van der Waals surface area contributed by atoms with Crippen LogP contribution < -0.4 is 5.32 Å². The summed E-state index contributed by atoms with van der Waals surface area (Å²) in [4.78, 5) is 13.0. The summed E-state index contributed by atoms with van der Waals surface area (Å²) in [7, 11) is -7.35. The molecule has 2 atom stereocenters. The molecule has 2 saturated heterocycles. The van der Waals surface area contributed by atoms with Gasteiger partial charge in [-0.2, -0.15) is 8.61 Å². The van der Waals surface area contributed by atoms with Crippen LogP contribution >= 0.6 is 0 Å². The minimum atomic E-state index is -3.73. The summed E-state index contributed by atoms with van der Waals surface area (Å²) >= 11 is 0. The van der Waals surface area contributed by atoms with Crippen molar-refractivity contribution in [2.45, 2.75) is 30.1 Å². The molecule has 0 unspecified atom stereocenters. The van der Waals surface area contributed by atoms with Crippen molar-refractivity contribution in [1.29, 1.82) is 0 Å². The molecule has 0 spiro atoms. The molecule has 1 amide bonds. The summed E-state index contributed by atoms with van der Waals surface area (Å²) in [5, 5.41) is 2.71. The first kappa shape index (κ1) is 25.8. The minimum absolute atomic E-state index is 0.0403. The average Bonchev–Trinajstić information content (AvgIpc) is 2.84. The van der Waals surface area contributed by atoms with Gasteiger partial charge in [0.15, 0.2) is 0 Å². The second kappa shape index (κ2) is 10.4. The molecule has 2 fully saturated rings. The Morgan fingerprint density at radius 2 is 1.46 bits per heavy atom. The number of carbonyl (C=O) groups excluding carboxylic acids is 1. The van der Waals surface area contributed by atoms with Gasteiger partial charge < -0.3 is 10.1 Å². The van der Waals surface area contributed by atoms with Gasteiger partial charge in [-0.05, 0) is 60.7 Å². The van der Waals surface area contributed by atoms with Crippen molar-refractivity contribution < 1.29 is 26.4 Å². The number of nitrogens with zero attached hydrogens (tertiary/aromatic N) is 2. The van der Waals surface area contributed by atoms with Crippen LogP contribution in [0.3, 0.4) is 0 Å². The molecule has 2 aromatic rings. The molecule has 0 bridgehead atoms. The van der Waals surface area contributed by atoms with Gasteiger partial charge in [0.25, 0.3) is 5.91 Å². The first-order valence-electron chi connectivity index (χ1n) is 11.7. The first-order chi connectivity index (χ1) is 16.6. The van der Waals surface area contributed by atoms with Crippen LogP contribution in [-0.2, 0) is 24.8 Å². The monoisotopic (exact) mass is 521 g/mol. The fraction of sp³-hybridized carbons (Fsp3) is 0.458. The summed E-state index contributed by atoms with van der Waals surface area (Å²) in [5.41, 5.74) is 0.600. The topological polar surface area (TPSA) is 113 Å². The zero-order chi connectivity index (χ0) is 25.2. The summed E-state index contributed by atoms with van der Waals surface area (Å²) in [6.45, 7) is 6.30. The number of ether oxygens (including phenoxy) is 1. The van der Waals surface area contributed by atoms with E-state index in [1.54, 1.807) is 0 Å². The van der Waals surface area contributed by atoms with E-state index in [1.807, 2.05) is 0 Å². The normalized spacial score (nSPS) is 22.6. The highest BCUT2D eigenvalue weighted by Crippen LogP contribution is 2.27. The SMILES string of the molecule is C[C@@H]1C[C@@H](C)CN(S(=O)(=O)c2ccc(NC(=O)c3cccc(S(=O)(=O)N4CCOCC4)c3)cc2)C1. The molecule has 2 heterocycles. The van der Waals surface area contributed by atoms with Crippen molar-refractivity contribution in [2.75, 3.05) is 44.7 Å². The van der Waals surface area contributed by atoms with Gasteiger partial charge in [-0.1, -0.05) is 19.9 Å². The Morgan fingerprint density at radius 1 is 0.857 bits per heavy atom. The maximum Gasteiger partial charge on any atom is 0.255 e. The molecule has 2 aromatic carbocycles. The summed E-state index contributed by atoms with van der Waals surface area (Å²) < 4.78 is 60.0. The number of rotatable bonds is 6. The molecule has 35 heavy (non-hydrogen) atoms. The average molecular weight is 522 g/mol. The zero-order valence-electron chi connectivity index (χ0n) is 19.9. The molecular formula is C24H31N3O6S2. The predicted molar refractivity (Wildman–Crippen MR) is 132 cm³/mol. The lowest BCUT2D eigenvalue weighted by Crippen LogP contribution is -2.42. The van der Waals surface area contributed by atoms with Crippen molar-refractivity contribution >= 4 is 31.6 Å². The zero-order valence-corrected chi connectivity index (χ0v) is 21.5. The van der Waals surface area contributed by atoms with E-state index in [0.29, 0.717) is 43.8 Å². The second-order valence-corrected chi connectivity index (χ2v) is 13.2. The van der Waals surface area contributed by atoms with Crippen LogP contribution in [-0.4, -0.2) is 70.7 Å². The molecule has 9 nitrogen and oxygen atoms in total. The standard InChI is InChI=1S/C24H31N3O6S2/c1-18-14-19(2)17-27(16-18)34(29,30)22-8-6-21(7-9-22)25-24(28)20-4-3-5-23(15-20)35(31,32)26-10-12-33-13-11-26/h3-9,15,18-19H,10-14,16-17H2,1-2H3,(H,25,28)/t18-,19-/m1/s1. The van der Waals surface area contributed by atoms with Crippen molar-refractivity contribution in [3.8, 4) is 0 Å². The molecule has 11 heteroatoms. The van der Waals surface area contributed by atoms with Crippen LogP contribution in [0.2, 0.25) is 0 Å². The van der Waals surface area contributed by atoms with E-state index < -0.39 is 26.0 Å². The first-order valence-corrected chi connectivity index (χ1v) is 14.5. The third-order valence-corrected chi connectivity index (χ3v) is 10.0. The van der Waals surface area contributed by atoms with Crippen LogP contribution in [0.15, 0.2) is 58.3 Å². The summed E-state index contributed by atoms with van der Waals surface area (Å²) in [5.74, 6) is 0.114. The third-order valence-electron chi connectivity index (χ3n) is 6.29. The van der Waals surface area contributed by atoms with Gasteiger partial charge in [-0.15, -0.1) is 0 Å². The van der Waals surface area contributed by atoms with Crippen LogP contribution in [0.5, 0.6) is 0 Å². The molecule has 0 aliphatic carbocycles. The van der Waals surface area contributed by atoms with E-state index in [2.05, 4.69) is 19.2 Å². The van der Waals surface area contributed by atoms with Gasteiger partial charge in [0.05, 0.1) is 23.0 Å². The molecule has 0 radical (unpaired) electrons. The number of hydrogen-bond acceptors (Lipinski definition) is 6. The van der Waals surface area contributed by atoms with E-state index >= 15 is 0 Å². The molecule has 190 valence electrons. The maximum absolute atomic E-state index is 13.1. The lowest BCUT2D eigenvalue weighted by atomic mass is 9.94. The van der Waals surface area contributed by atoms with Gasteiger partial charge >= 0.3 is 0 Å². The van der Waals surface area contributed by atoms with Crippen LogP contribution in [0.25, 0.3) is 0 Å². The van der Waals surface area contributed by atoms with Crippen LogP contribution in [0, 0.1) is 11.8 Å². The molecule has 0 saturated carbocycles. The number of benzene rings is 2. The Hall–Kier alpha value is -2.31. The van der Waals surface area contributed by atoms with E-state index in [0.717, 1.165) is 6.42 Å².